The van der Waals surface area contributed by atoms with Crippen molar-refractivity contribution in [1.29, 1.82) is 0 Å². The van der Waals surface area contributed by atoms with Crippen LogP contribution in [0, 0.1) is 5.92 Å². The largest absolute Gasteiger partial charge is 0.344 e. The molecule has 2 aliphatic heterocycles. The topological polar surface area (TPSA) is 35.6 Å². The molecule has 4 nitrogen and oxygen atoms in total. The summed E-state index contributed by atoms with van der Waals surface area (Å²) in [5.41, 5.74) is 0. The molecule has 0 bridgehead atoms. The summed E-state index contributed by atoms with van der Waals surface area (Å²) in [5, 5.41) is 3.25. The van der Waals surface area contributed by atoms with Gasteiger partial charge in [-0.25, -0.2) is 0 Å². The zero-order valence-corrected chi connectivity index (χ0v) is 10.4. The van der Waals surface area contributed by atoms with Crippen LogP contribution >= 0.6 is 0 Å². The fourth-order valence-corrected chi connectivity index (χ4v) is 2.98. The summed E-state index contributed by atoms with van der Waals surface area (Å²) in [7, 11) is 3.92. The molecule has 2 aliphatic rings. The molecule has 4 heteroatoms. The number of likely N-dealkylation sites (N-methyl/N-ethyl adjacent to an activating group) is 1. The van der Waals surface area contributed by atoms with Gasteiger partial charge in [0, 0.05) is 20.1 Å². The van der Waals surface area contributed by atoms with Crippen LogP contribution in [0.3, 0.4) is 0 Å². The van der Waals surface area contributed by atoms with Gasteiger partial charge >= 0.3 is 0 Å². The first-order valence-electron chi connectivity index (χ1n) is 6.36. The van der Waals surface area contributed by atoms with E-state index in [1.54, 1.807) is 0 Å². The first-order valence-corrected chi connectivity index (χ1v) is 6.36. The molecule has 0 aromatic carbocycles. The Hall–Kier alpha value is -0.610. The Labute approximate surface area is 98.0 Å². The lowest BCUT2D eigenvalue weighted by molar-refractivity contribution is -0.131. The second kappa shape index (κ2) is 5.15. The van der Waals surface area contributed by atoms with E-state index in [2.05, 4.69) is 10.2 Å². The van der Waals surface area contributed by atoms with Crippen molar-refractivity contribution in [3.05, 3.63) is 0 Å². The molecule has 16 heavy (non-hydrogen) atoms. The first-order chi connectivity index (χ1) is 7.72. The summed E-state index contributed by atoms with van der Waals surface area (Å²) in [5.74, 6) is 1.04. The summed E-state index contributed by atoms with van der Waals surface area (Å²) in [4.78, 5) is 16.2. The molecule has 0 aliphatic carbocycles. The molecule has 0 aromatic rings. The molecule has 2 unspecified atom stereocenters. The van der Waals surface area contributed by atoms with Crippen LogP contribution in [0.25, 0.3) is 0 Å². The van der Waals surface area contributed by atoms with Gasteiger partial charge < -0.3 is 10.2 Å². The fraction of sp³-hybridized carbons (Fsp3) is 0.917. The van der Waals surface area contributed by atoms with E-state index < -0.39 is 0 Å². The van der Waals surface area contributed by atoms with Gasteiger partial charge in [-0.2, -0.15) is 0 Å². The highest BCUT2D eigenvalue weighted by atomic mass is 16.2. The summed E-state index contributed by atoms with van der Waals surface area (Å²) >= 11 is 0. The maximum atomic E-state index is 11.9. The van der Waals surface area contributed by atoms with Crippen LogP contribution in [0.5, 0.6) is 0 Å². The molecule has 0 spiro atoms. The van der Waals surface area contributed by atoms with Crippen LogP contribution in [0.15, 0.2) is 0 Å². The molecule has 2 heterocycles. The standard InChI is InChI=1S/C12H23N3O/c1-13-8-10-4-3-6-15(9-10)11-5-7-14(2)12(11)16/h10-11,13H,3-9H2,1-2H3. The number of likely N-dealkylation sites (tertiary alicyclic amines) is 2. The van der Waals surface area contributed by atoms with Crippen LogP contribution in [0.1, 0.15) is 19.3 Å². The molecule has 0 saturated carbocycles. The number of rotatable bonds is 3. The van der Waals surface area contributed by atoms with Gasteiger partial charge in [-0.15, -0.1) is 0 Å². The number of piperidine rings is 1. The van der Waals surface area contributed by atoms with Crippen LogP contribution in [-0.2, 0) is 4.79 Å². The quantitative estimate of drug-likeness (QED) is 0.742. The first kappa shape index (κ1) is 11.9. The average molecular weight is 225 g/mol. The van der Waals surface area contributed by atoms with Gasteiger partial charge in [0.1, 0.15) is 0 Å². The molecule has 2 saturated heterocycles. The minimum absolute atomic E-state index is 0.171. The van der Waals surface area contributed by atoms with Gasteiger partial charge in [0.2, 0.25) is 5.91 Å². The second-order valence-electron chi connectivity index (χ2n) is 5.13. The van der Waals surface area contributed by atoms with E-state index in [1.165, 1.54) is 12.8 Å². The molecule has 2 fully saturated rings. The van der Waals surface area contributed by atoms with Crippen LogP contribution in [0.4, 0.5) is 0 Å². The third-order valence-electron chi connectivity index (χ3n) is 3.88. The Kier molecular flexibility index (Phi) is 3.82. The van der Waals surface area contributed by atoms with Crippen molar-refractivity contribution in [2.45, 2.75) is 25.3 Å². The molecule has 1 amide bonds. The normalized spacial score (nSPS) is 32.4. The predicted octanol–water partition coefficient (Wildman–Crippen LogP) is 0.149. The zero-order chi connectivity index (χ0) is 11.5. The maximum absolute atomic E-state index is 11.9. The lowest BCUT2D eigenvalue weighted by Crippen LogP contribution is -2.47. The molecule has 92 valence electrons. The number of hydrogen-bond acceptors (Lipinski definition) is 3. The average Bonchev–Trinajstić information content (AvgIpc) is 2.61. The molecule has 2 rings (SSSR count). The SMILES string of the molecule is CNCC1CCCN(C2CCN(C)C2=O)C1. The molecule has 2 atom stereocenters. The summed E-state index contributed by atoms with van der Waals surface area (Å²) in [6, 6.07) is 0.171. The number of carbonyl (C=O) groups excluding carboxylic acids is 1. The van der Waals surface area contributed by atoms with E-state index >= 15 is 0 Å². The van der Waals surface area contributed by atoms with Gasteiger partial charge in [-0.1, -0.05) is 0 Å². The minimum atomic E-state index is 0.171. The Morgan fingerprint density at radius 1 is 1.38 bits per heavy atom. The Morgan fingerprint density at radius 3 is 2.81 bits per heavy atom. The summed E-state index contributed by atoms with van der Waals surface area (Å²) < 4.78 is 0. The highest BCUT2D eigenvalue weighted by Crippen LogP contribution is 2.23. The molecule has 0 aromatic heterocycles. The Bertz CT molecular complexity index is 255. The van der Waals surface area contributed by atoms with Crippen LogP contribution in [-0.4, -0.2) is 62.0 Å². The van der Waals surface area contributed by atoms with Crippen molar-refractivity contribution in [2.75, 3.05) is 40.3 Å². The number of hydrogen-bond donors (Lipinski definition) is 1. The van der Waals surface area contributed by atoms with E-state index in [9.17, 15) is 4.79 Å². The van der Waals surface area contributed by atoms with Gasteiger partial charge in [0.15, 0.2) is 0 Å². The van der Waals surface area contributed by atoms with Gasteiger partial charge in [-0.05, 0) is 45.3 Å². The van der Waals surface area contributed by atoms with Gasteiger partial charge in [0.05, 0.1) is 6.04 Å². The van der Waals surface area contributed by atoms with E-state index in [1.807, 2.05) is 19.0 Å². The predicted molar refractivity (Wildman–Crippen MR) is 64.3 cm³/mol. The number of nitrogens with one attached hydrogen (secondary N) is 1. The lowest BCUT2D eigenvalue weighted by Gasteiger charge is -2.35. The third-order valence-corrected chi connectivity index (χ3v) is 3.88. The molecule has 1 N–H and O–H groups in total. The Balaban J connectivity index is 1.91. The smallest absolute Gasteiger partial charge is 0.239 e. The van der Waals surface area contributed by atoms with Gasteiger partial charge in [-0.3, -0.25) is 9.69 Å². The van der Waals surface area contributed by atoms with Crippen LogP contribution in [0.2, 0.25) is 0 Å². The van der Waals surface area contributed by atoms with Crippen molar-refractivity contribution in [2.24, 2.45) is 5.92 Å². The lowest BCUT2D eigenvalue weighted by atomic mass is 9.96. The minimum Gasteiger partial charge on any atom is -0.344 e. The van der Waals surface area contributed by atoms with Crippen molar-refractivity contribution >= 4 is 5.91 Å². The van der Waals surface area contributed by atoms with Gasteiger partial charge in [0.25, 0.3) is 0 Å². The van der Waals surface area contributed by atoms with Crippen molar-refractivity contribution in [1.82, 2.24) is 15.1 Å². The number of nitrogens with zero attached hydrogens (tertiary/aromatic N) is 2. The number of carbonyl (C=O) groups is 1. The van der Waals surface area contributed by atoms with E-state index in [-0.39, 0.29) is 6.04 Å². The molecular weight excluding hydrogens is 202 g/mol. The molecular formula is C12H23N3O. The highest BCUT2D eigenvalue weighted by Gasteiger charge is 2.35. The van der Waals surface area contributed by atoms with Crippen molar-refractivity contribution in [3.63, 3.8) is 0 Å². The number of amides is 1. The Morgan fingerprint density at radius 2 is 2.19 bits per heavy atom. The van der Waals surface area contributed by atoms with E-state index in [0.29, 0.717) is 5.91 Å². The van der Waals surface area contributed by atoms with Crippen molar-refractivity contribution < 1.29 is 4.79 Å². The highest BCUT2D eigenvalue weighted by molar-refractivity contribution is 5.83. The van der Waals surface area contributed by atoms with Crippen LogP contribution < -0.4 is 5.32 Å². The maximum Gasteiger partial charge on any atom is 0.239 e. The van der Waals surface area contributed by atoms with Crippen molar-refractivity contribution in [3.8, 4) is 0 Å². The monoisotopic (exact) mass is 225 g/mol. The van der Waals surface area contributed by atoms with E-state index in [0.717, 1.165) is 38.5 Å². The third kappa shape index (κ3) is 2.38. The zero-order valence-electron chi connectivity index (χ0n) is 10.4. The fourth-order valence-electron chi connectivity index (χ4n) is 2.98. The summed E-state index contributed by atoms with van der Waals surface area (Å²) in [6.45, 7) is 4.19. The summed E-state index contributed by atoms with van der Waals surface area (Å²) in [6.07, 6.45) is 3.55. The molecule has 0 radical (unpaired) electrons. The second-order valence-corrected chi connectivity index (χ2v) is 5.13. The van der Waals surface area contributed by atoms with E-state index in [4.69, 9.17) is 0 Å².